The molecule has 2 rings (SSSR count). The SMILES string of the molecule is CC1(C)CCC(=O)c2cc([N+](=O)O)ccc21. The van der Waals surface area contributed by atoms with Gasteiger partial charge in [0.2, 0.25) is 0 Å². The molecule has 0 saturated carbocycles. The molecule has 0 unspecified atom stereocenters. The van der Waals surface area contributed by atoms with Crippen molar-refractivity contribution in [2.24, 2.45) is 0 Å². The predicted molar refractivity (Wildman–Crippen MR) is 58.1 cm³/mol. The van der Waals surface area contributed by atoms with Crippen molar-refractivity contribution in [2.45, 2.75) is 32.1 Å². The highest BCUT2D eigenvalue weighted by atomic mass is 16.6. The summed E-state index contributed by atoms with van der Waals surface area (Å²) in [6.45, 7) is 4.15. The van der Waals surface area contributed by atoms with Crippen molar-refractivity contribution in [2.75, 3.05) is 0 Å². The molecule has 4 nitrogen and oxygen atoms in total. The van der Waals surface area contributed by atoms with Crippen molar-refractivity contribution < 1.29 is 14.9 Å². The van der Waals surface area contributed by atoms with Gasteiger partial charge in [-0.25, -0.2) is 5.21 Å². The second kappa shape index (κ2) is 3.40. The largest absolute Gasteiger partial charge is 0.317 e. The number of ketones is 1. The van der Waals surface area contributed by atoms with Crippen molar-refractivity contribution in [3.8, 4) is 0 Å². The minimum absolute atomic E-state index is 0.0398. The Morgan fingerprint density at radius 2 is 2.06 bits per heavy atom. The zero-order valence-electron chi connectivity index (χ0n) is 9.36. The Balaban J connectivity index is 2.60. The van der Waals surface area contributed by atoms with E-state index in [0.29, 0.717) is 12.0 Å². The van der Waals surface area contributed by atoms with Gasteiger partial charge in [-0.15, -0.1) is 0 Å². The smallest absolute Gasteiger partial charge is 0.294 e. The van der Waals surface area contributed by atoms with Crippen LogP contribution in [0, 0.1) is 4.91 Å². The van der Waals surface area contributed by atoms with Crippen LogP contribution >= 0.6 is 0 Å². The summed E-state index contributed by atoms with van der Waals surface area (Å²) in [4.78, 5) is 22.3. The lowest BCUT2D eigenvalue weighted by atomic mass is 9.72. The van der Waals surface area contributed by atoms with Gasteiger partial charge < -0.3 is 0 Å². The molecule has 0 fully saturated rings. The predicted octanol–water partition coefficient (Wildman–Crippen LogP) is 2.74. The Labute approximate surface area is 93.4 Å². The summed E-state index contributed by atoms with van der Waals surface area (Å²) in [7, 11) is 0. The van der Waals surface area contributed by atoms with E-state index in [1.54, 1.807) is 6.07 Å². The number of carbonyl (C=O) groups is 1. The molecule has 1 aromatic rings. The van der Waals surface area contributed by atoms with Crippen molar-refractivity contribution in [1.29, 1.82) is 0 Å². The fourth-order valence-corrected chi connectivity index (χ4v) is 2.17. The molecule has 1 aliphatic carbocycles. The van der Waals surface area contributed by atoms with Gasteiger partial charge in [0.25, 0.3) is 4.92 Å². The quantitative estimate of drug-likeness (QED) is 0.740. The average molecular weight is 220 g/mol. The summed E-state index contributed by atoms with van der Waals surface area (Å²) >= 11 is 0. The fraction of sp³-hybridized carbons (Fsp3) is 0.417. The molecule has 0 bridgehead atoms. The zero-order valence-corrected chi connectivity index (χ0v) is 9.36. The highest BCUT2D eigenvalue weighted by molar-refractivity contribution is 5.99. The Kier molecular flexibility index (Phi) is 2.30. The van der Waals surface area contributed by atoms with Crippen LogP contribution in [0.25, 0.3) is 0 Å². The highest BCUT2D eigenvalue weighted by Crippen LogP contribution is 2.37. The standard InChI is InChI=1S/C12H14NO3/c1-12(2)6-5-11(14)9-7-8(13(15)16)3-4-10(9)12/h3-4,7H,5-6H2,1-2H3,(H,15,16)/q+1. The summed E-state index contributed by atoms with van der Waals surface area (Å²) in [5.74, 6) is 0.0398. The Bertz CT molecular complexity index is 477. The number of hydrogen-bond donors (Lipinski definition) is 1. The van der Waals surface area contributed by atoms with Crippen LogP contribution in [-0.4, -0.2) is 15.9 Å². The number of rotatable bonds is 1. The number of Topliss-reactive ketones (excluding diaryl/α,β-unsaturated/α-hetero) is 1. The summed E-state index contributed by atoms with van der Waals surface area (Å²) in [5.41, 5.74) is 1.56. The maximum atomic E-state index is 11.7. The van der Waals surface area contributed by atoms with Crippen LogP contribution in [0.1, 0.15) is 42.6 Å². The first kappa shape index (κ1) is 10.8. The minimum atomic E-state index is -0.213. The van der Waals surface area contributed by atoms with E-state index >= 15 is 0 Å². The first-order valence-corrected chi connectivity index (χ1v) is 5.26. The maximum absolute atomic E-state index is 11.7. The number of benzene rings is 1. The molecular formula is C12H14NO3+. The average Bonchev–Trinajstić information content (AvgIpc) is 2.23. The molecule has 0 heterocycles. The second-order valence-corrected chi connectivity index (χ2v) is 4.81. The second-order valence-electron chi connectivity index (χ2n) is 4.81. The van der Waals surface area contributed by atoms with Crippen LogP contribution in [0.2, 0.25) is 0 Å². The molecule has 0 aliphatic heterocycles. The Morgan fingerprint density at radius 3 is 2.69 bits per heavy atom. The molecule has 1 aliphatic rings. The molecule has 16 heavy (non-hydrogen) atoms. The van der Waals surface area contributed by atoms with Crippen molar-refractivity contribution in [1.82, 2.24) is 0 Å². The van der Waals surface area contributed by atoms with Crippen LogP contribution in [0.4, 0.5) is 5.69 Å². The topological polar surface area (TPSA) is 57.4 Å². The van der Waals surface area contributed by atoms with E-state index in [0.717, 1.165) is 12.0 Å². The normalized spacial score (nSPS) is 18.0. The van der Waals surface area contributed by atoms with Gasteiger partial charge in [0, 0.05) is 24.1 Å². The van der Waals surface area contributed by atoms with Gasteiger partial charge >= 0.3 is 5.69 Å². The summed E-state index contributed by atoms with van der Waals surface area (Å²) in [6, 6.07) is 4.75. The van der Waals surface area contributed by atoms with E-state index in [9.17, 15) is 9.70 Å². The van der Waals surface area contributed by atoms with Gasteiger partial charge in [0.1, 0.15) is 0 Å². The molecule has 0 spiro atoms. The van der Waals surface area contributed by atoms with E-state index in [2.05, 4.69) is 13.8 Å². The molecule has 0 atom stereocenters. The first-order valence-electron chi connectivity index (χ1n) is 5.26. The van der Waals surface area contributed by atoms with Crippen LogP contribution < -0.4 is 0 Å². The van der Waals surface area contributed by atoms with Gasteiger partial charge in [-0.05, 0) is 17.4 Å². The van der Waals surface area contributed by atoms with Gasteiger partial charge in [-0.1, -0.05) is 19.9 Å². The molecule has 0 saturated heterocycles. The van der Waals surface area contributed by atoms with Crippen molar-refractivity contribution >= 4 is 11.5 Å². The van der Waals surface area contributed by atoms with Crippen LogP contribution in [-0.2, 0) is 5.41 Å². The Morgan fingerprint density at radius 1 is 1.38 bits per heavy atom. The minimum Gasteiger partial charge on any atom is -0.294 e. The lowest BCUT2D eigenvalue weighted by Gasteiger charge is -2.31. The van der Waals surface area contributed by atoms with E-state index in [1.807, 2.05) is 0 Å². The van der Waals surface area contributed by atoms with Gasteiger partial charge in [-0.3, -0.25) is 4.79 Å². The fourth-order valence-electron chi connectivity index (χ4n) is 2.17. The number of fused-ring (bicyclic) bond motifs is 1. The third kappa shape index (κ3) is 1.60. The first-order chi connectivity index (χ1) is 7.42. The van der Waals surface area contributed by atoms with Crippen molar-refractivity contribution in [3.63, 3.8) is 0 Å². The monoisotopic (exact) mass is 220 g/mol. The highest BCUT2D eigenvalue weighted by Gasteiger charge is 2.33. The maximum Gasteiger partial charge on any atom is 0.317 e. The summed E-state index contributed by atoms with van der Waals surface area (Å²) in [6.07, 6.45) is 1.31. The van der Waals surface area contributed by atoms with E-state index in [-0.39, 0.29) is 21.8 Å². The molecular weight excluding hydrogens is 206 g/mol. The van der Waals surface area contributed by atoms with Crippen LogP contribution in [0.5, 0.6) is 0 Å². The van der Waals surface area contributed by atoms with Gasteiger partial charge in [0.15, 0.2) is 5.78 Å². The molecule has 4 heteroatoms. The molecule has 0 amide bonds. The summed E-state index contributed by atoms with van der Waals surface area (Å²) < 4.78 is 0. The molecule has 1 N–H and O–H groups in total. The van der Waals surface area contributed by atoms with Crippen LogP contribution in [0.15, 0.2) is 18.2 Å². The van der Waals surface area contributed by atoms with E-state index < -0.39 is 0 Å². The van der Waals surface area contributed by atoms with E-state index in [4.69, 9.17) is 5.21 Å². The van der Waals surface area contributed by atoms with Gasteiger partial charge in [-0.2, -0.15) is 0 Å². The molecule has 84 valence electrons. The van der Waals surface area contributed by atoms with Gasteiger partial charge in [0.05, 0.1) is 4.91 Å². The number of nitrogens with zero attached hydrogens (tertiary/aromatic N) is 1. The van der Waals surface area contributed by atoms with E-state index in [1.165, 1.54) is 12.1 Å². The third-order valence-corrected chi connectivity index (χ3v) is 3.23. The third-order valence-electron chi connectivity index (χ3n) is 3.23. The molecule has 0 aromatic heterocycles. The number of hydrogen-bond acceptors (Lipinski definition) is 2. The molecule has 1 aromatic carbocycles. The number of carbonyl (C=O) groups excluding carboxylic acids is 1. The Hall–Kier alpha value is -1.71. The van der Waals surface area contributed by atoms with Crippen LogP contribution in [0.3, 0.4) is 0 Å². The zero-order chi connectivity index (χ0) is 11.9. The lowest BCUT2D eigenvalue weighted by molar-refractivity contribution is -0.729. The molecule has 0 radical (unpaired) electrons. The summed E-state index contributed by atoms with van der Waals surface area (Å²) in [5, 5.41) is 8.81. The van der Waals surface area contributed by atoms with Crippen molar-refractivity contribution in [3.05, 3.63) is 34.2 Å². The lowest BCUT2D eigenvalue weighted by Crippen LogP contribution is -2.27.